The summed E-state index contributed by atoms with van der Waals surface area (Å²) < 4.78 is 1.92. The van der Waals surface area contributed by atoms with Crippen molar-refractivity contribution in [3.63, 3.8) is 0 Å². The maximum atomic E-state index is 11.0. The predicted octanol–water partition coefficient (Wildman–Crippen LogP) is 4.22. The maximum Gasteiger partial charge on any atom is 0.125 e. The fraction of sp³-hybridized carbons (Fsp3) is 0.778. The van der Waals surface area contributed by atoms with Crippen molar-refractivity contribution in [1.29, 1.82) is 0 Å². The Hall–Kier alpha value is -1.64. The number of hydrogen-bond donors (Lipinski definition) is 2. The van der Waals surface area contributed by atoms with Crippen molar-refractivity contribution in [3.05, 3.63) is 24.5 Å². The Labute approximate surface area is 192 Å². The second-order valence-electron chi connectivity index (χ2n) is 11.4. The summed E-state index contributed by atoms with van der Waals surface area (Å²) in [7, 11) is 0. The third-order valence-electron chi connectivity index (χ3n) is 9.90. The molecule has 32 heavy (non-hydrogen) atoms. The zero-order valence-electron chi connectivity index (χ0n) is 19.5. The second-order valence-corrected chi connectivity index (χ2v) is 11.4. The van der Waals surface area contributed by atoms with Crippen LogP contribution in [0.3, 0.4) is 0 Å². The average molecular weight is 438 g/mol. The van der Waals surface area contributed by atoms with Crippen LogP contribution in [0.1, 0.15) is 71.1 Å². The monoisotopic (exact) mass is 437 g/mol. The molecule has 5 heteroatoms. The quantitative estimate of drug-likeness (QED) is 0.546. The van der Waals surface area contributed by atoms with Gasteiger partial charge in [-0.05, 0) is 98.7 Å². The van der Waals surface area contributed by atoms with Crippen LogP contribution < -0.4 is 0 Å². The molecule has 0 bridgehead atoms. The van der Waals surface area contributed by atoms with Crippen molar-refractivity contribution < 1.29 is 10.2 Å². The van der Waals surface area contributed by atoms with Gasteiger partial charge in [-0.15, -0.1) is 5.10 Å². The fourth-order valence-electron chi connectivity index (χ4n) is 8.58. The lowest BCUT2D eigenvalue weighted by Crippen LogP contribution is -2.50. The normalized spacial score (nSPS) is 42.8. The summed E-state index contributed by atoms with van der Waals surface area (Å²) >= 11 is 0. The number of nitrogens with zero attached hydrogens (tertiary/aromatic N) is 3. The largest absolute Gasteiger partial charge is 0.395 e. The van der Waals surface area contributed by atoms with E-state index in [9.17, 15) is 5.11 Å². The minimum atomic E-state index is -0.829. The molecule has 1 aromatic rings. The topological polar surface area (TPSA) is 71.2 Å². The van der Waals surface area contributed by atoms with Crippen molar-refractivity contribution in [1.82, 2.24) is 15.0 Å². The smallest absolute Gasteiger partial charge is 0.125 e. The number of rotatable bonds is 4. The van der Waals surface area contributed by atoms with Crippen LogP contribution in [0.4, 0.5) is 0 Å². The molecule has 8 atom stereocenters. The second kappa shape index (κ2) is 8.61. The van der Waals surface area contributed by atoms with E-state index in [1.165, 1.54) is 44.1 Å². The number of hydrogen-bond acceptors (Lipinski definition) is 4. The van der Waals surface area contributed by atoms with E-state index in [4.69, 9.17) is 5.11 Å². The van der Waals surface area contributed by atoms with Gasteiger partial charge in [-0.1, -0.05) is 36.1 Å². The molecule has 1 unspecified atom stereocenters. The Bertz CT molecular complexity index is 886. The Kier molecular flexibility index (Phi) is 5.97. The van der Waals surface area contributed by atoms with Crippen LogP contribution in [0.15, 0.2) is 24.5 Å². The van der Waals surface area contributed by atoms with Crippen LogP contribution in [0, 0.1) is 52.8 Å². The Morgan fingerprint density at radius 2 is 1.97 bits per heavy atom. The van der Waals surface area contributed by atoms with E-state index in [1.807, 2.05) is 10.9 Å². The number of aromatic nitrogens is 3. The molecule has 5 nitrogen and oxygen atoms in total. The third kappa shape index (κ3) is 3.84. The van der Waals surface area contributed by atoms with Gasteiger partial charge >= 0.3 is 0 Å². The molecular formula is C27H39N3O2. The molecule has 4 aliphatic carbocycles. The van der Waals surface area contributed by atoms with E-state index < -0.39 is 5.60 Å². The lowest BCUT2D eigenvalue weighted by molar-refractivity contribution is -0.0874. The van der Waals surface area contributed by atoms with Gasteiger partial charge in [0.15, 0.2) is 0 Å². The standard InChI is InChI=1S/C27H39N3O2/c1-19(18-30-15-14-28-29-30)24-7-8-25-23-6-5-20-17-27(32,11-3-4-16-31)13-10-21(20)22(23)9-12-26(24,25)2/h14-15,20-25,31-32H,1,4-10,12-13,16-18H2,2H3/t20-,21+,22?,23-,24-,25+,26-,27-/m1/s1. The van der Waals surface area contributed by atoms with Gasteiger partial charge in [0.05, 0.1) is 19.3 Å². The van der Waals surface area contributed by atoms with Crippen LogP contribution in [-0.2, 0) is 6.54 Å². The van der Waals surface area contributed by atoms with Gasteiger partial charge in [-0.2, -0.15) is 0 Å². The summed E-state index contributed by atoms with van der Waals surface area (Å²) in [4.78, 5) is 0. The molecule has 4 saturated carbocycles. The first-order chi connectivity index (χ1) is 15.4. The number of aliphatic hydroxyl groups excluding tert-OH is 1. The van der Waals surface area contributed by atoms with Gasteiger partial charge < -0.3 is 10.2 Å². The number of aliphatic hydroxyl groups is 2. The number of allylic oxidation sites excluding steroid dienone is 1. The van der Waals surface area contributed by atoms with Gasteiger partial charge in [0.1, 0.15) is 5.60 Å². The van der Waals surface area contributed by atoms with Gasteiger partial charge in [0, 0.05) is 12.6 Å². The molecule has 174 valence electrons. The minimum absolute atomic E-state index is 0.0747. The molecule has 1 heterocycles. The highest BCUT2D eigenvalue weighted by molar-refractivity contribution is 5.19. The molecule has 0 radical (unpaired) electrons. The van der Waals surface area contributed by atoms with Crippen LogP contribution in [-0.4, -0.2) is 37.4 Å². The molecule has 4 fully saturated rings. The summed E-state index contributed by atoms with van der Waals surface area (Å²) in [5.41, 5.74) is 0.873. The first-order valence-electron chi connectivity index (χ1n) is 12.8. The lowest BCUT2D eigenvalue weighted by Gasteiger charge is -2.57. The lowest BCUT2D eigenvalue weighted by atomic mass is 9.48. The van der Waals surface area contributed by atoms with Crippen LogP contribution in [0.5, 0.6) is 0 Å². The zero-order valence-corrected chi connectivity index (χ0v) is 19.5. The molecule has 4 aliphatic rings. The molecule has 0 amide bonds. The van der Waals surface area contributed by atoms with Crippen LogP contribution in [0.25, 0.3) is 0 Å². The Balaban J connectivity index is 1.27. The first-order valence-corrected chi connectivity index (χ1v) is 12.8. The van der Waals surface area contributed by atoms with E-state index in [0.29, 0.717) is 23.7 Å². The summed E-state index contributed by atoms with van der Waals surface area (Å²) in [5.74, 6) is 10.5. The molecule has 0 saturated heterocycles. The van der Waals surface area contributed by atoms with Crippen molar-refractivity contribution >= 4 is 0 Å². The molecular weight excluding hydrogens is 398 g/mol. The summed E-state index contributed by atoms with van der Waals surface area (Å²) in [6.45, 7) is 7.94. The maximum absolute atomic E-state index is 11.0. The van der Waals surface area contributed by atoms with Crippen molar-refractivity contribution in [2.24, 2.45) is 40.9 Å². The molecule has 5 rings (SSSR count). The van der Waals surface area contributed by atoms with Gasteiger partial charge in [-0.25, -0.2) is 4.68 Å². The molecule has 1 aromatic heterocycles. The summed E-state index contributed by atoms with van der Waals surface area (Å²) in [5, 5.41) is 28.2. The van der Waals surface area contributed by atoms with E-state index in [2.05, 4.69) is 35.7 Å². The highest BCUT2D eigenvalue weighted by Crippen LogP contribution is 2.65. The molecule has 0 spiro atoms. The Morgan fingerprint density at radius 3 is 2.75 bits per heavy atom. The van der Waals surface area contributed by atoms with Gasteiger partial charge in [-0.3, -0.25) is 0 Å². The third-order valence-corrected chi connectivity index (χ3v) is 9.90. The average Bonchev–Trinajstić information content (AvgIpc) is 3.40. The van der Waals surface area contributed by atoms with E-state index >= 15 is 0 Å². The number of fused-ring (bicyclic) bond motifs is 5. The van der Waals surface area contributed by atoms with Gasteiger partial charge in [0.25, 0.3) is 0 Å². The molecule has 0 aliphatic heterocycles. The summed E-state index contributed by atoms with van der Waals surface area (Å²) in [6.07, 6.45) is 14.7. The fourth-order valence-corrected chi connectivity index (χ4v) is 8.58. The van der Waals surface area contributed by atoms with Gasteiger partial charge in [0.2, 0.25) is 0 Å². The molecule has 0 aromatic carbocycles. The Morgan fingerprint density at radius 1 is 1.12 bits per heavy atom. The van der Waals surface area contributed by atoms with Crippen molar-refractivity contribution in [3.8, 4) is 11.8 Å². The van der Waals surface area contributed by atoms with E-state index in [-0.39, 0.29) is 6.61 Å². The van der Waals surface area contributed by atoms with Crippen LogP contribution in [0.2, 0.25) is 0 Å². The summed E-state index contributed by atoms with van der Waals surface area (Å²) in [6, 6.07) is 0. The predicted molar refractivity (Wildman–Crippen MR) is 124 cm³/mol. The SMILES string of the molecule is C=C(Cn1ccnn1)[C@H]1CC[C@H]2[C@@H]3CC[C@@H]4C[C@@](O)(C#CCCO)CC[C@@H]4C3CC[C@]12C. The highest BCUT2D eigenvalue weighted by atomic mass is 16.3. The zero-order chi connectivity index (χ0) is 22.3. The van der Waals surface area contributed by atoms with Crippen molar-refractivity contribution in [2.45, 2.75) is 83.3 Å². The highest BCUT2D eigenvalue weighted by Gasteiger charge is 2.58. The molecule has 2 N–H and O–H groups in total. The van der Waals surface area contributed by atoms with E-state index in [1.54, 1.807) is 6.20 Å². The van der Waals surface area contributed by atoms with Crippen LogP contribution >= 0.6 is 0 Å². The minimum Gasteiger partial charge on any atom is -0.395 e. The van der Waals surface area contributed by atoms with E-state index in [0.717, 1.165) is 49.5 Å². The van der Waals surface area contributed by atoms with Crippen molar-refractivity contribution in [2.75, 3.05) is 6.61 Å². The first kappa shape index (κ1) is 22.2.